The maximum Gasteiger partial charge on any atom is 0.238 e. The molecule has 1 saturated heterocycles. The Morgan fingerprint density at radius 2 is 1.32 bits per heavy atom. The molecule has 2 amide bonds. The largest absolute Gasteiger partial charge is 0.497 e. The first-order chi connectivity index (χ1) is 15.0. The molecule has 0 saturated carbocycles. The molecule has 2 aromatic carbocycles. The number of anilines is 3. The van der Waals surface area contributed by atoms with E-state index in [2.05, 4.69) is 27.7 Å². The minimum atomic E-state index is -0.178. The van der Waals surface area contributed by atoms with E-state index in [9.17, 15) is 9.59 Å². The fraction of sp³-hybridized carbons (Fsp3) is 0.417. The Bertz CT molecular complexity index is 844. The van der Waals surface area contributed by atoms with E-state index >= 15 is 0 Å². The van der Waals surface area contributed by atoms with Crippen molar-refractivity contribution in [2.75, 3.05) is 55.9 Å². The van der Waals surface area contributed by atoms with E-state index in [0.717, 1.165) is 24.5 Å². The van der Waals surface area contributed by atoms with Crippen LogP contribution in [0.3, 0.4) is 0 Å². The normalized spacial score (nSPS) is 14.1. The number of methoxy groups -OCH3 is 1. The molecule has 0 bridgehead atoms. The van der Waals surface area contributed by atoms with Crippen LogP contribution in [0.1, 0.15) is 25.7 Å². The third kappa shape index (κ3) is 7.29. The van der Waals surface area contributed by atoms with Crippen LogP contribution >= 0.6 is 0 Å². The van der Waals surface area contributed by atoms with Crippen molar-refractivity contribution in [2.45, 2.75) is 25.7 Å². The van der Waals surface area contributed by atoms with Crippen LogP contribution in [0.2, 0.25) is 0 Å². The van der Waals surface area contributed by atoms with Gasteiger partial charge in [-0.25, -0.2) is 0 Å². The lowest BCUT2D eigenvalue weighted by Gasteiger charge is -2.23. The van der Waals surface area contributed by atoms with Crippen LogP contribution in [0.25, 0.3) is 0 Å². The Labute approximate surface area is 184 Å². The van der Waals surface area contributed by atoms with E-state index in [4.69, 9.17) is 4.74 Å². The van der Waals surface area contributed by atoms with Gasteiger partial charge in [-0.1, -0.05) is 12.8 Å². The molecule has 0 unspecified atom stereocenters. The van der Waals surface area contributed by atoms with Crippen molar-refractivity contribution in [3.8, 4) is 5.75 Å². The highest BCUT2D eigenvalue weighted by Gasteiger charge is 2.13. The number of nitrogens with zero attached hydrogens (tertiary/aromatic N) is 2. The van der Waals surface area contributed by atoms with Crippen LogP contribution in [0.15, 0.2) is 48.5 Å². The number of amides is 2. The van der Waals surface area contributed by atoms with Gasteiger partial charge in [-0.3, -0.25) is 14.5 Å². The number of ether oxygens (including phenoxy) is 1. The Morgan fingerprint density at radius 3 is 1.81 bits per heavy atom. The monoisotopic (exact) mass is 424 g/mol. The lowest BCUT2D eigenvalue weighted by Crippen LogP contribution is -2.36. The molecule has 0 spiro atoms. The Hall–Kier alpha value is -3.06. The van der Waals surface area contributed by atoms with E-state index in [1.165, 1.54) is 31.4 Å². The maximum atomic E-state index is 12.4. The van der Waals surface area contributed by atoms with E-state index in [-0.39, 0.29) is 24.9 Å². The number of nitrogens with one attached hydrogen (secondary N) is 2. The molecular formula is C24H32N4O3. The van der Waals surface area contributed by atoms with Gasteiger partial charge in [-0.15, -0.1) is 0 Å². The van der Waals surface area contributed by atoms with Gasteiger partial charge in [0.2, 0.25) is 11.8 Å². The summed E-state index contributed by atoms with van der Waals surface area (Å²) in [6.45, 7) is 2.43. The zero-order valence-electron chi connectivity index (χ0n) is 18.4. The van der Waals surface area contributed by atoms with Crippen LogP contribution in [-0.2, 0) is 9.59 Å². The molecule has 31 heavy (non-hydrogen) atoms. The highest BCUT2D eigenvalue weighted by molar-refractivity contribution is 5.94. The molecule has 7 heteroatoms. The summed E-state index contributed by atoms with van der Waals surface area (Å²) in [5.74, 6) is 0.399. The van der Waals surface area contributed by atoms with Gasteiger partial charge in [0.25, 0.3) is 0 Å². The van der Waals surface area contributed by atoms with Gasteiger partial charge in [0.1, 0.15) is 5.75 Å². The second kappa shape index (κ2) is 11.4. The first-order valence-electron chi connectivity index (χ1n) is 10.8. The topological polar surface area (TPSA) is 73.9 Å². The van der Waals surface area contributed by atoms with Crippen molar-refractivity contribution < 1.29 is 14.3 Å². The molecule has 3 rings (SSSR count). The summed E-state index contributed by atoms with van der Waals surface area (Å²) in [7, 11) is 3.34. The fourth-order valence-corrected chi connectivity index (χ4v) is 3.71. The predicted octanol–water partition coefficient (Wildman–Crippen LogP) is 3.58. The van der Waals surface area contributed by atoms with Crippen LogP contribution in [0.4, 0.5) is 17.1 Å². The molecule has 2 N–H and O–H groups in total. The predicted molar refractivity (Wildman–Crippen MR) is 125 cm³/mol. The van der Waals surface area contributed by atoms with Crippen LogP contribution < -0.4 is 20.3 Å². The maximum absolute atomic E-state index is 12.4. The van der Waals surface area contributed by atoms with E-state index in [0.29, 0.717) is 5.69 Å². The van der Waals surface area contributed by atoms with Gasteiger partial charge in [0.15, 0.2) is 0 Å². The average molecular weight is 425 g/mol. The van der Waals surface area contributed by atoms with Gasteiger partial charge < -0.3 is 20.3 Å². The smallest absolute Gasteiger partial charge is 0.238 e. The highest BCUT2D eigenvalue weighted by atomic mass is 16.5. The minimum Gasteiger partial charge on any atom is -0.497 e. The molecule has 7 nitrogen and oxygen atoms in total. The van der Waals surface area contributed by atoms with E-state index < -0.39 is 0 Å². The molecule has 0 aliphatic carbocycles. The third-order valence-corrected chi connectivity index (χ3v) is 5.32. The SMILES string of the molecule is COc1ccc(NC(=O)CN(C)CC(=O)Nc2ccc(N3CCCCCC3)cc2)cc1. The summed E-state index contributed by atoms with van der Waals surface area (Å²) < 4.78 is 5.11. The number of carbonyl (C=O) groups excluding carboxylic acids is 2. The lowest BCUT2D eigenvalue weighted by molar-refractivity contribution is -0.119. The zero-order valence-corrected chi connectivity index (χ0v) is 18.4. The van der Waals surface area contributed by atoms with Gasteiger partial charge >= 0.3 is 0 Å². The van der Waals surface area contributed by atoms with Gasteiger partial charge in [0, 0.05) is 30.2 Å². The van der Waals surface area contributed by atoms with E-state index in [1.54, 1.807) is 43.3 Å². The van der Waals surface area contributed by atoms with Crippen molar-refractivity contribution in [2.24, 2.45) is 0 Å². The number of hydrogen-bond donors (Lipinski definition) is 2. The summed E-state index contributed by atoms with van der Waals surface area (Å²) in [5.41, 5.74) is 2.65. The summed E-state index contributed by atoms with van der Waals surface area (Å²) >= 11 is 0. The summed E-state index contributed by atoms with van der Waals surface area (Å²) in [4.78, 5) is 28.7. The van der Waals surface area contributed by atoms with Crippen LogP contribution in [-0.4, -0.2) is 57.1 Å². The average Bonchev–Trinajstić information content (AvgIpc) is 3.04. The standard InChI is InChI=1S/C24H32N4O3/c1-27(18-24(30)26-20-9-13-22(31-2)14-10-20)17-23(29)25-19-7-11-21(12-8-19)28-15-5-3-4-6-16-28/h7-14H,3-6,15-18H2,1-2H3,(H,25,29)(H,26,30). The number of hydrogen-bond acceptors (Lipinski definition) is 5. The van der Waals surface area contributed by atoms with Crippen molar-refractivity contribution in [1.82, 2.24) is 4.90 Å². The zero-order chi connectivity index (χ0) is 22.1. The second-order valence-corrected chi connectivity index (χ2v) is 7.95. The highest BCUT2D eigenvalue weighted by Crippen LogP contribution is 2.21. The summed E-state index contributed by atoms with van der Waals surface area (Å²) in [6.07, 6.45) is 5.07. The van der Waals surface area contributed by atoms with Crippen molar-refractivity contribution in [1.29, 1.82) is 0 Å². The lowest BCUT2D eigenvalue weighted by atomic mass is 10.2. The summed E-state index contributed by atoms with van der Waals surface area (Å²) in [6, 6.07) is 15.1. The van der Waals surface area contributed by atoms with Crippen LogP contribution in [0.5, 0.6) is 5.75 Å². The van der Waals surface area contributed by atoms with Crippen molar-refractivity contribution >= 4 is 28.9 Å². The van der Waals surface area contributed by atoms with E-state index in [1.807, 2.05) is 12.1 Å². The number of benzene rings is 2. The first-order valence-corrected chi connectivity index (χ1v) is 10.8. The number of rotatable bonds is 8. The number of carbonyl (C=O) groups is 2. The molecule has 0 radical (unpaired) electrons. The molecular weight excluding hydrogens is 392 g/mol. The molecule has 1 aliphatic rings. The quantitative estimate of drug-likeness (QED) is 0.678. The second-order valence-electron chi connectivity index (χ2n) is 7.95. The first kappa shape index (κ1) is 22.6. The third-order valence-electron chi connectivity index (χ3n) is 5.32. The number of likely N-dealkylation sites (N-methyl/N-ethyl adjacent to an activating group) is 1. The molecule has 166 valence electrons. The van der Waals surface area contributed by atoms with Crippen molar-refractivity contribution in [3.05, 3.63) is 48.5 Å². The minimum absolute atomic E-state index is 0.118. The van der Waals surface area contributed by atoms with Gasteiger partial charge in [-0.2, -0.15) is 0 Å². The Balaban J connectivity index is 1.43. The van der Waals surface area contributed by atoms with Crippen LogP contribution in [0, 0.1) is 0 Å². The summed E-state index contributed by atoms with van der Waals surface area (Å²) in [5, 5.41) is 5.72. The van der Waals surface area contributed by atoms with Crippen molar-refractivity contribution in [3.63, 3.8) is 0 Å². The molecule has 1 fully saturated rings. The molecule has 0 aromatic heterocycles. The molecule has 1 aliphatic heterocycles. The molecule has 2 aromatic rings. The Morgan fingerprint density at radius 1 is 0.839 bits per heavy atom. The molecule has 1 heterocycles. The Kier molecular flexibility index (Phi) is 8.29. The fourth-order valence-electron chi connectivity index (χ4n) is 3.71. The van der Waals surface area contributed by atoms with Gasteiger partial charge in [-0.05, 0) is 68.4 Å². The molecule has 0 atom stereocenters. The van der Waals surface area contributed by atoms with Gasteiger partial charge in [0.05, 0.1) is 20.2 Å².